The average molecular weight is 347 g/mol. The number of rotatable bonds is 10. The largest absolute Gasteiger partial charge is 0.495 e. The number of ether oxygens (including phenoxy) is 3. The maximum atomic E-state index is 12.5. The summed E-state index contributed by atoms with van der Waals surface area (Å²) in [7, 11) is 4.72. The van der Waals surface area contributed by atoms with Crippen LogP contribution in [-0.2, 0) is 14.3 Å². The molecular weight excluding hydrogens is 322 g/mol. The normalized spacial score (nSPS) is 10.9. The molecule has 0 aliphatic carbocycles. The molecule has 1 rings (SSSR count). The van der Waals surface area contributed by atoms with Gasteiger partial charge in [0.1, 0.15) is 17.4 Å². The summed E-state index contributed by atoms with van der Waals surface area (Å²) in [5, 5.41) is 12.1. The van der Waals surface area contributed by atoms with Crippen molar-refractivity contribution in [1.29, 1.82) is 5.26 Å². The molecule has 0 aliphatic heterocycles. The van der Waals surface area contributed by atoms with Crippen molar-refractivity contribution in [2.45, 2.75) is 6.92 Å². The van der Waals surface area contributed by atoms with Crippen LogP contribution in [0.25, 0.3) is 0 Å². The van der Waals surface area contributed by atoms with E-state index in [1.165, 1.54) is 13.3 Å². The molecule has 1 N–H and O–H groups in total. The Labute approximate surface area is 148 Å². The van der Waals surface area contributed by atoms with Crippen molar-refractivity contribution in [3.63, 3.8) is 0 Å². The minimum Gasteiger partial charge on any atom is -0.495 e. The number of carbonyl (C=O) groups is 1. The highest BCUT2D eigenvalue weighted by atomic mass is 16.5. The van der Waals surface area contributed by atoms with Crippen LogP contribution in [0.1, 0.15) is 5.56 Å². The number of carbonyl (C=O) groups excluding carboxylic acids is 1. The van der Waals surface area contributed by atoms with E-state index in [0.717, 1.165) is 5.56 Å². The first-order valence-corrected chi connectivity index (χ1v) is 7.85. The van der Waals surface area contributed by atoms with Gasteiger partial charge >= 0.3 is 0 Å². The van der Waals surface area contributed by atoms with Gasteiger partial charge in [0.05, 0.1) is 26.0 Å². The number of methoxy groups -OCH3 is 3. The van der Waals surface area contributed by atoms with E-state index in [1.54, 1.807) is 26.4 Å². The van der Waals surface area contributed by atoms with E-state index in [-0.39, 0.29) is 5.57 Å². The number of nitriles is 1. The zero-order chi connectivity index (χ0) is 18.7. The smallest absolute Gasteiger partial charge is 0.267 e. The van der Waals surface area contributed by atoms with E-state index in [9.17, 15) is 10.1 Å². The Hall–Kier alpha value is -2.56. The number of nitrogens with zero attached hydrogens (tertiary/aromatic N) is 2. The van der Waals surface area contributed by atoms with E-state index in [4.69, 9.17) is 14.2 Å². The Morgan fingerprint density at radius 3 is 2.40 bits per heavy atom. The Balaban J connectivity index is 2.94. The molecule has 1 aromatic carbocycles. The SMILES string of the molecule is COCCN(/C=C(/C#N)C(=O)Nc1cc(C)ccc1OC)CCOC. The number of hydrogen-bond donors (Lipinski definition) is 1. The van der Waals surface area contributed by atoms with Gasteiger partial charge in [-0.15, -0.1) is 0 Å². The third-order valence-electron chi connectivity index (χ3n) is 3.45. The molecule has 1 aromatic rings. The van der Waals surface area contributed by atoms with Crippen LogP contribution in [0, 0.1) is 18.3 Å². The van der Waals surface area contributed by atoms with Crippen molar-refractivity contribution in [2.75, 3.05) is 52.9 Å². The van der Waals surface area contributed by atoms with Gasteiger partial charge in [-0.25, -0.2) is 0 Å². The summed E-state index contributed by atoms with van der Waals surface area (Å²) in [5.74, 6) is 0.0399. The van der Waals surface area contributed by atoms with E-state index < -0.39 is 5.91 Å². The Bertz CT molecular complexity index is 630. The molecule has 25 heavy (non-hydrogen) atoms. The molecule has 0 spiro atoms. The maximum absolute atomic E-state index is 12.5. The molecule has 1 amide bonds. The van der Waals surface area contributed by atoms with E-state index in [2.05, 4.69) is 5.32 Å². The first-order valence-electron chi connectivity index (χ1n) is 7.85. The van der Waals surface area contributed by atoms with Crippen LogP contribution >= 0.6 is 0 Å². The van der Waals surface area contributed by atoms with E-state index in [0.29, 0.717) is 37.7 Å². The van der Waals surface area contributed by atoms with Gasteiger partial charge in [-0.1, -0.05) is 6.07 Å². The summed E-state index contributed by atoms with van der Waals surface area (Å²) in [5.41, 5.74) is 1.49. The summed E-state index contributed by atoms with van der Waals surface area (Å²) in [6.45, 7) is 3.96. The molecule has 0 saturated heterocycles. The monoisotopic (exact) mass is 347 g/mol. The number of aryl methyl sites for hydroxylation is 1. The van der Waals surface area contributed by atoms with E-state index in [1.807, 2.05) is 24.0 Å². The van der Waals surface area contributed by atoms with Crippen molar-refractivity contribution in [3.05, 3.63) is 35.5 Å². The zero-order valence-electron chi connectivity index (χ0n) is 15.2. The summed E-state index contributed by atoms with van der Waals surface area (Å²) in [6.07, 6.45) is 1.52. The summed E-state index contributed by atoms with van der Waals surface area (Å²) in [6, 6.07) is 7.38. The lowest BCUT2D eigenvalue weighted by Gasteiger charge is -2.20. The molecule has 0 saturated carbocycles. The highest BCUT2D eigenvalue weighted by molar-refractivity contribution is 6.07. The highest BCUT2D eigenvalue weighted by Gasteiger charge is 2.14. The van der Waals surface area contributed by atoms with Crippen LogP contribution < -0.4 is 10.1 Å². The van der Waals surface area contributed by atoms with Crippen LogP contribution in [0.3, 0.4) is 0 Å². The van der Waals surface area contributed by atoms with Crippen molar-refractivity contribution < 1.29 is 19.0 Å². The molecule has 0 heterocycles. The van der Waals surface area contributed by atoms with Gasteiger partial charge in [0.15, 0.2) is 0 Å². The lowest BCUT2D eigenvalue weighted by atomic mass is 10.2. The van der Waals surface area contributed by atoms with Gasteiger partial charge in [-0.2, -0.15) is 5.26 Å². The Kier molecular flexibility index (Phi) is 9.07. The van der Waals surface area contributed by atoms with Crippen LogP contribution in [0.5, 0.6) is 5.75 Å². The maximum Gasteiger partial charge on any atom is 0.267 e. The van der Waals surface area contributed by atoms with Gasteiger partial charge in [0.2, 0.25) is 0 Å². The van der Waals surface area contributed by atoms with Crippen LogP contribution in [0.15, 0.2) is 30.0 Å². The average Bonchev–Trinajstić information content (AvgIpc) is 2.61. The molecule has 0 aliphatic rings. The number of anilines is 1. The zero-order valence-corrected chi connectivity index (χ0v) is 15.2. The second-order valence-corrected chi connectivity index (χ2v) is 5.33. The van der Waals surface area contributed by atoms with Gasteiger partial charge < -0.3 is 24.4 Å². The molecular formula is C18H25N3O4. The van der Waals surface area contributed by atoms with Crippen LogP contribution in [-0.4, -0.2) is 58.4 Å². The standard InChI is InChI=1S/C18H25N3O4/c1-14-5-6-17(25-4)16(11-14)20-18(22)15(12-19)13-21(7-9-23-2)8-10-24-3/h5-6,11,13H,7-10H2,1-4H3,(H,20,22)/b15-13-. The predicted molar refractivity (Wildman–Crippen MR) is 95.4 cm³/mol. The summed E-state index contributed by atoms with van der Waals surface area (Å²) < 4.78 is 15.4. The van der Waals surface area contributed by atoms with Gasteiger partial charge in [-0.05, 0) is 24.6 Å². The molecule has 0 bridgehead atoms. The van der Waals surface area contributed by atoms with Crippen LogP contribution in [0.2, 0.25) is 0 Å². The van der Waals surface area contributed by atoms with Gasteiger partial charge in [0, 0.05) is 33.5 Å². The number of nitrogens with one attached hydrogen (secondary N) is 1. The topological polar surface area (TPSA) is 83.8 Å². The Morgan fingerprint density at radius 2 is 1.88 bits per heavy atom. The second-order valence-electron chi connectivity index (χ2n) is 5.33. The number of amides is 1. The van der Waals surface area contributed by atoms with Gasteiger partial charge in [0.25, 0.3) is 5.91 Å². The third kappa shape index (κ3) is 6.83. The molecule has 0 fully saturated rings. The molecule has 7 heteroatoms. The molecule has 7 nitrogen and oxygen atoms in total. The lowest BCUT2D eigenvalue weighted by Crippen LogP contribution is -2.27. The highest BCUT2D eigenvalue weighted by Crippen LogP contribution is 2.25. The van der Waals surface area contributed by atoms with Crippen molar-refractivity contribution in [3.8, 4) is 11.8 Å². The fourth-order valence-electron chi connectivity index (χ4n) is 2.09. The molecule has 0 aromatic heterocycles. The number of benzene rings is 1. The minimum absolute atomic E-state index is 0.00392. The third-order valence-corrected chi connectivity index (χ3v) is 3.45. The first kappa shape index (κ1) is 20.5. The lowest BCUT2D eigenvalue weighted by molar-refractivity contribution is -0.112. The second kappa shape index (κ2) is 11.1. The molecule has 0 atom stereocenters. The number of hydrogen-bond acceptors (Lipinski definition) is 6. The quantitative estimate of drug-likeness (QED) is 0.514. The van der Waals surface area contributed by atoms with Crippen molar-refractivity contribution in [1.82, 2.24) is 4.90 Å². The fraction of sp³-hybridized carbons (Fsp3) is 0.444. The predicted octanol–water partition coefficient (Wildman–Crippen LogP) is 1.94. The molecule has 136 valence electrons. The van der Waals surface area contributed by atoms with Gasteiger partial charge in [-0.3, -0.25) is 4.79 Å². The van der Waals surface area contributed by atoms with E-state index >= 15 is 0 Å². The minimum atomic E-state index is -0.494. The first-order chi connectivity index (χ1) is 12.0. The fourth-order valence-corrected chi connectivity index (χ4v) is 2.09. The summed E-state index contributed by atoms with van der Waals surface area (Å²) in [4.78, 5) is 14.3. The molecule has 0 radical (unpaired) electrons. The Morgan fingerprint density at radius 1 is 1.24 bits per heavy atom. The van der Waals surface area contributed by atoms with Crippen LogP contribution in [0.4, 0.5) is 5.69 Å². The molecule has 0 unspecified atom stereocenters. The summed E-state index contributed by atoms with van der Waals surface area (Å²) >= 11 is 0. The van der Waals surface area contributed by atoms with Crippen molar-refractivity contribution >= 4 is 11.6 Å². The van der Waals surface area contributed by atoms with Crippen molar-refractivity contribution in [2.24, 2.45) is 0 Å².